The lowest BCUT2D eigenvalue weighted by Gasteiger charge is -2.29. The monoisotopic (exact) mass is 718 g/mol. The van der Waals surface area contributed by atoms with Gasteiger partial charge in [-0.3, -0.25) is 28.8 Å². The van der Waals surface area contributed by atoms with Gasteiger partial charge in [-0.25, -0.2) is 9.59 Å². The molecular weight excluding hydrogens is 668 g/mol. The molecule has 1 aliphatic rings. The maximum atomic E-state index is 12.7. The zero-order valence-electron chi connectivity index (χ0n) is 29.0. The van der Waals surface area contributed by atoms with Gasteiger partial charge in [0, 0.05) is 37.8 Å². The molecule has 0 aromatic heterocycles. The molecule has 0 aliphatic carbocycles. The molecule has 284 valence electrons. The standard InChI is InChI=1S/C31H50N4O15/c1-30(2,9-10-31(3,4)29(44)45)28(43)34-21(27(41)42)5-6-22(36)32-11-13-46-15-17-48-19-23(37)33-12-14-47-16-18-49-20-26(40)50-35-24(38)7-8-25(35)39/h21H,5-20H2,1-4H3,(H,32,36)(H,33,37)(H,34,43)(H,41,42)(H,44,45)/t21-/m0/s1. The number of carboxylic acids is 2. The van der Waals surface area contributed by atoms with Gasteiger partial charge in [0.2, 0.25) is 17.7 Å². The van der Waals surface area contributed by atoms with Crippen molar-refractivity contribution in [3.8, 4) is 0 Å². The molecule has 5 amide bonds. The van der Waals surface area contributed by atoms with E-state index in [4.69, 9.17) is 18.9 Å². The van der Waals surface area contributed by atoms with Gasteiger partial charge >= 0.3 is 17.9 Å². The number of hydrogen-bond donors (Lipinski definition) is 5. The molecule has 19 heteroatoms. The quantitative estimate of drug-likeness (QED) is 0.0512. The van der Waals surface area contributed by atoms with Crippen molar-refractivity contribution in [1.29, 1.82) is 0 Å². The first-order valence-electron chi connectivity index (χ1n) is 16.1. The lowest BCUT2D eigenvalue weighted by Crippen LogP contribution is -2.47. The average molecular weight is 719 g/mol. The smallest absolute Gasteiger partial charge is 0.358 e. The number of carbonyl (C=O) groups is 8. The molecule has 19 nitrogen and oxygen atoms in total. The zero-order chi connectivity index (χ0) is 37.7. The maximum absolute atomic E-state index is 12.7. The van der Waals surface area contributed by atoms with Gasteiger partial charge in [-0.15, -0.1) is 5.06 Å². The topological polar surface area (TPSA) is 262 Å². The van der Waals surface area contributed by atoms with E-state index in [1.165, 1.54) is 0 Å². The Hall–Kier alpha value is -4.20. The molecule has 1 saturated heterocycles. The molecule has 50 heavy (non-hydrogen) atoms. The van der Waals surface area contributed by atoms with Crippen molar-refractivity contribution < 1.29 is 72.4 Å². The Morgan fingerprint density at radius 3 is 1.76 bits per heavy atom. The van der Waals surface area contributed by atoms with Gasteiger partial charge in [0.15, 0.2) is 0 Å². The molecule has 1 rings (SSSR count). The summed E-state index contributed by atoms with van der Waals surface area (Å²) in [6, 6.07) is -1.30. The van der Waals surface area contributed by atoms with Crippen LogP contribution in [0.5, 0.6) is 0 Å². The normalized spacial score (nSPS) is 13.9. The minimum Gasteiger partial charge on any atom is -0.481 e. The zero-order valence-corrected chi connectivity index (χ0v) is 29.0. The van der Waals surface area contributed by atoms with Crippen LogP contribution in [0.3, 0.4) is 0 Å². The number of hydrogen-bond acceptors (Lipinski definition) is 13. The van der Waals surface area contributed by atoms with E-state index in [0.29, 0.717) is 5.06 Å². The van der Waals surface area contributed by atoms with Crippen molar-refractivity contribution in [2.24, 2.45) is 10.8 Å². The van der Waals surface area contributed by atoms with Gasteiger partial charge in [0.25, 0.3) is 11.8 Å². The summed E-state index contributed by atoms with van der Waals surface area (Å²) in [5.74, 6) is -5.71. The number of hydroxylamine groups is 2. The van der Waals surface area contributed by atoms with Gasteiger partial charge < -0.3 is 49.9 Å². The first-order valence-corrected chi connectivity index (χ1v) is 16.1. The van der Waals surface area contributed by atoms with Gasteiger partial charge in [-0.05, 0) is 33.1 Å². The first-order chi connectivity index (χ1) is 23.5. The summed E-state index contributed by atoms with van der Waals surface area (Å²) in [6.07, 6.45) is 0.120. The van der Waals surface area contributed by atoms with E-state index in [0.717, 1.165) is 0 Å². The third kappa shape index (κ3) is 18.0. The van der Waals surface area contributed by atoms with Gasteiger partial charge in [-0.2, -0.15) is 0 Å². The predicted octanol–water partition coefficient (Wildman–Crippen LogP) is -0.841. The number of imide groups is 1. The van der Waals surface area contributed by atoms with Crippen LogP contribution in [-0.4, -0.2) is 135 Å². The molecule has 1 fully saturated rings. The molecule has 0 spiro atoms. The third-order valence-electron chi connectivity index (χ3n) is 7.37. The molecule has 1 atom stereocenters. The van der Waals surface area contributed by atoms with Crippen molar-refractivity contribution in [1.82, 2.24) is 21.0 Å². The van der Waals surface area contributed by atoms with Crippen LogP contribution in [-0.2, 0) is 62.1 Å². The van der Waals surface area contributed by atoms with Crippen LogP contribution in [0.2, 0.25) is 0 Å². The minimum atomic E-state index is -1.30. The molecule has 0 aromatic rings. The maximum Gasteiger partial charge on any atom is 0.358 e. The molecule has 1 heterocycles. The van der Waals surface area contributed by atoms with Crippen LogP contribution in [0.4, 0.5) is 0 Å². The number of aliphatic carboxylic acids is 2. The van der Waals surface area contributed by atoms with Crippen molar-refractivity contribution >= 4 is 47.4 Å². The molecule has 1 aliphatic heterocycles. The fraction of sp³-hybridized carbons (Fsp3) is 0.742. The number of ether oxygens (including phenoxy) is 4. The first kappa shape index (κ1) is 43.8. The van der Waals surface area contributed by atoms with E-state index < -0.39 is 65.0 Å². The molecule has 0 radical (unpaired) electrons. The predicted molar refractivity (Wildman–Crippen MR) is 170 cm³/mol. The minimum absolute atomic E-state index is 0.00351. The Kier molecular flexibility index (Phi) is 19.7. The van der Waals surface area contributed by atoms with E-state index >= 15 is 0 Å². The molecule has 0 saturated carbocycles. The lowest BCUT2D eigenvalue weighted by atomic mass is 9.78. The number of nitrogens with one attached hydrogen (secondary N) is 3. The van der Waals surface area contributed by atoms with Crippen LogP contribution in [0.1, 0.15) is 66.2 Å². The van der Waals surface area contributed by atoms with E-state index in [9.17, 15) is 48.6 Å². The Labute approximate surface area is 289 Å². The Morgan fingerprint density at radius 1 is 0.720 bits per heavy atom. The highest BCUT2D eigenvalue weighted by atomic mass is 16.7. The Balaban J connectivity index is 2.05. The average Bonchev–Trinajstić information content (AvgIpc) is 3.36. The second kappa shape index (κ2) is 22.5. The number of carboxylic acid groups (broad SMARTS) is 2. The SMILES string of the molecule is CC(C)(CCC(C)(C)C(=O)N[C@@H](CCC(=O)NCCOCCOCC(=O)NCCOCCOCC(=O)ON1C(=O)CCC1=O)C(=O)O)C(=O)O. The summed E-state index contributed by atoms with van der Waals surface area (Å²) in [6.45, 7) is 6.70. The fourth-order valence-corrected chi connectivity index (χ4v) is 3.94. The van der Waals surface area contributed by atoms with Crippen molar-refractivity contribution in [2.75, 3.05) is 65.9 Å². The molecule has 0 unspecified atom stereocenters. The summed E-state index contributed by atoms with van der Waals surface area (Å²) in [5.41, 5.74) is -2.06. The summed E-state index contributed by atoms with van der Waals surface area (Å²) < 4.78 is 20.9. The number of carbonyl (C=O) groups excluding carboxylic acids is 6. The molecule has 0 bridgehead atoms. The van der Waals surface area contributed by atoms with Crippen LogP contribution in [0.25, 0.3) is 0 Å². The summed E-state index contributed by atoms with van der Waals surface area (Å²) in [5, 5.41) is 26.8. The third-order valence-corrected chi connectivity index (χ3v) is 7.37. The molecule has 5 N–H and O–H groups in total. The second-order valence-corrected chi connectivity index (χ2v) is 12.6. The van der Waals surface area contributed by atoms with E-state index in [2.05, 4.69) is 20.8 Å². The largest absolute Gasteiger partial charge is 0.481 e. The van der Waals surface area contributed by atoms with Crippen LogP contribution in [0, 0.1) is 10.8 Å². The fourth-order valence-electron chi connectivity index (χ4n) is 3.94. The number of nitrogens with zero attached hydrogens (tertiary/aromatic N) is 1. The summed E-state index contributed by atoms with van der Waals surface area (Å²) in [7, 11) is 0. The van der Waals surface area contributed by atoms with Crippen molar-refractivity contribution in [2.45, 2.75) is 72.3 Å². The van der Waals surface area contributed by atoms with Crippen LogP contribution >= 0.6 is 0 Å². The van der Waals surface area contributed by atoms with Crippen LogP contribution in [0.15, 0.2) is 0 Å². The lowest BCUT2D eigenvalue weighted by molar-refractivity contribution is -0.200. The van der Waals surface area contributed by atoms with Gasteiger partial charge in [0.05, 0.1) is 45.1 Å². The van der Waals surface area contributed by atoms with E-state index in [-0.39, 0.29) is 104 Å². The second-order valence-electron chi connectivity index (χ2n) is 12.6. The van der Waals surface area contributed by atoms with Gasteiger partial charge in [0.1, 0.15) is 19.3 Å². The molecular formula is C31H50N4O15. The number of amides is 5. The highest BCUT2D eigenvalue weighted by molar-refractivity contribution is 6.01. The van der Waals surface area contributed by atoms with Crippen LogP contribution < -0.4 is 16.0 Å². The van der Waals surface area contributed by atoms with Crippen molar-refractivity contribution in [3.63, 3.8) is 0 Å². The Morgan fingerprint density at radius 2 is 1.22 bits per heavy atom. The summed E-state index contributed by atoms with van der Waals surface area (Å²) in [4.78, 5) is 98.7. The highest BCUT2D eigenvalue weighted by Gasteiger charge is 2.36. The highest BCUT2D eigenvalue weighted by Crippen LogP contribution is 2.31. The van der Waals surface area contributed by atoms with E-state index in [1.807, 2.05) is 0 Å². The van der Waals surface area contributed by atoms with Gasteiger partial charge in [-0.1, -0.05) is 13.8 Å². The summed E-state index contributed by atoms with van der Waals surface area (Å²) >= 11 is 0. The molecule has 0 aromatic carbocycles. The number of rotatable bonds is 27. The Bertz CT molecular complexity index is 1170. The van der Waals surface area contributed by atoms with Crippen molar-refractivity contribution in [3.05, 3.63) is 0 Å². The van der Waals surface area contributed by atoms with E-state index in [1.54, 1.807) is 27.7 Å².